The van der Waals surface area contributed by atoms with Crippen LogP contribution in [0.15, 0.2) is 47.8 Å². The molecular formula is C20H18ClN3OS. The fourth-order valence-electron chi connectivity index (χ4n) is 3.18. The molecule has 2 aromatic carbocycles. The molecule has 132 valence electrons. The molecule has 0 unspecified atom stereocenters. The van der Waals surface area contributed by atoms with E-state index in [1.54, 1.807) is 24.3 Å². The highest BCUT2D eigenvalue weighted by atomic mass is 35.5. The minimum atomic E-state index is -0.335. The smallest absolute Gasteiger partial charge is 0.308 e. The number of hydrogen-bond donors (Lipinski definition) is 2. The van der Waals surface area contributed by atoms with E-state index < -0.39 is 0 Å². The van der Waals surface area contributed by atoms with Crippen LogP contribution in [0.3, 0.4) is 0 Å². The molecule has 4 rings (SSSR count). The van der Waals surface area contributed by atoms with Gasteiger partial charge in [-0.1, -0.05) is 29.8 Å². The molecule has 6 heteroatoms. The predicted molar refractivity (Wildman–Crippen MR) is 108 cm³/mol. The number of anilines is 2. The van der Waals surface area contributed by atoms with Gasteiger partial charge in [0.2, 0.25) is 0 Å². The normalized spacial score (nSPS) is 13.1. The van der Waals surface area contributed by atoms with Crippen molar-refractivity contribution in [3.63, 3.8) is 0 Å². The summed E-state index contributed by atoms with van der Waals surface area (Å²) in [6.07, 6.45) is 4.84. The van der Waals surface area contributed by atoms with E-state index >= 15 is 0 Å². The molecule has 1 aliphatic carbocycles. The van der Waals surface area contributed by atoms with E-state index in [0.717, 1.165) is 17.7 Å². The Balaban J connectivity index is 1.45. The summed E-state index contributed by atoms with van der Waals surface area (Å²) in [6.45, 7) is 0. The SMILES string of the molecule is O=C(Nc1cccc(Cl)c1)Nc1nc(-c2ccc3c(c2)CCCC3)cs1. The second-order valence-electron chi connectivity index (χ2n) is 6.32. The quantitative estimate of drug-likeness (QED) is 0.583. The average Bonchev–Trinajstić information content (AvgIpc) is 3.09. The summed E-state index contributed by atoms with van der Waals surface area (Å²) in [5.74, 6) is 0. The third kappa shape index (κ3) is 3.89. The highest BCUT2D eigenvalue weighted by Crippen LogP contribution is 2.29. The Morgan fingerprint density at radius 3 is 2.73 bits per heavy atom. The summed E-state index contributed by atoms with van der Waals surface area (Å²) in [6, 6.07) is 13.3. The molecule has 0 atom stereocenters. The Labute approximate surface area is 161 Å². The predicted octanol–water partition coefficient (Wildman–Crippen LogP) is 5.99. The number of aryl methyl sites for hydroxylation is 2. The number of benzene rings is 2. The lowest BCUT2D eigenvalue weighted by atomic mass is 9.90. The Morgan fingerprint density at radius 2 is 1.88 bits per heavy atom. The molecular weight excluding hydrogens is 366 g/mol. The molecule has 2 N–H and O–H groups in total. The van der Waals surface area contributed by atoms with Gasteiger partial charge in [0.25, 0.3) is 0 Å². The molecule has 0 aliphatic heterocycles. The van der Waals surface area contributed by atoms with Crippen molar-refractivity contribution in [1.82, 2.24) is 4.98 Å². The van der Waals surface area contributed by atoms with Crippen LogP contribution in [-0.4, -0.2) is 11.0 Å². The highest BCUT2D eigenvalue weighted by Gasteiger charge is 2.12. The van der Waals surface area contributed by atoms with Crippen LogP contribution in [0, 0.1) is 0 Å². The molecule has 0 spiro atoms. The number of carbonyl (C=O) groups excluding carboxylic acids is 1. The number of rotatable bonds is 3. The number of thiazole rings is 1. The van der Waals surface area contributed by atoms with Gasteiger partial charge in [0.05, 0.1) is 5.69 Å². The molecule has 26 heavy (non-hydrogen) atoms. The number of aromatic nitrogens is 1. The van der Waals surface area contributed by atoms with E-state index in [0.29, 0.717) is 15.8 Å². The zero-order valence-electron chi connectivity index (χ0n) is 14.1. The van der Waals surface area contributed by atoms with Gasteiger partial charge < -0.3 is 5.32 Å². The number of nitrogens with zero attached hydrogens (tertiary/aromatic N) is 1. The molecule has 0 fully saturated rings. The number of urea groups is 1. The molecule has 3 aromatic rings. The molecule has 0 saturated carbocycles. The van der Waals surface area contributed by atoms with E-state index in [9.17, 15) is 4.79 Å². The highest BCUT2D eigenvalue weighted by molar-refractivity contribution is 7.14. The van der Waals surface area contributed by atoms with Crippen LogP contribution in [0.5, 0.6) is 0 Å². The van der Waals surface area contributed by atoms with E-state index in [1.165, 1.54) is 41.7 Å². The molecule has 1 heterocycles. The number of fused-ring (bicyclic) bond motifs is 1. The number of halogens is 1. The molecule has 0 saturated heterocycles. The van der Waals surface area contributed by atoms with Gasteiger partial charge in [0.15, 0.2) is 5.13 Å². The van der Waals surface area contributed by atoms with Crippen molar-refractivity contribution in [2.24, 2.45) is 0 Å². The minimum absolute atomic E-state index is 0.335. The van der Waals surface area contributed by atoms with Gasteiger partial charge in [-0.15, -0.1) is 11.3 Å². The fraction of sp³-hybridized carbons (Fsp3) is 0.200. The van der Waals surface area contributed by atoms with Gasteiger partial charge in [0, 0.05) is 21.7 Å². The first-order valence-electron chi connectivity index (χ1n) is 8.59. The molecule has 1 aliphatic rings. The average molecular weight is 384 g/mol. The zero-order chi connectivity index (χ0) is 17.9. The maximum absolute atomic E-state index is 12.1. The van der Waals surface area contributed by atoms with Gasteiger partial charge in [-0.2, -0.15) is 0 Å². The first-order chi connectivity index (χ1) is 12.7. The maximum atomic E-state index is 12.1. The maximum Gasteiger partial charge on any atom is 0.325 e. The lowest BCUT2D eigenvalue weighted by Crippen LogP contribution is -2.19. The second-order valence-corrected chi connectivity index (χ2v) is 7.61. The topological polar surface area (TPSA) is 54.0 Å². The Morgan fingerprint density at radius 1 is 1.04 bits per heavy atom. The number of amides is 2. The van der Waals surface area contributed by atoms with Crippen molar-refractivity contribution in [3.8, 4) is 11.3 Å². The Kier molecular flexibility index (Phi) is 4.91. The summed E-state index contributed by atoms with van der Waals surface area (Å²) >= 11 is 7.34. The van der Waals surface area contributed by atoms with Crippen LogP contribution in [0.1, 0.15) is 24.0 Å². The molecule has 4 nitrogen and oxygen atoms in total. The van der Waals surface area contributed by atoms with E-state index in [1.807, 2.05) is 5.38 Å². The summed E-state index contributed by atoms with van der Waals surface area (Å²) in [7, 11) is 0. The van der Waals surface area contributed by atoms with Crippen molar-refractivity contribution < 1.29 is 4.79 Å². The molecule has 0 radical (unpaired) electrons. The second kappa shape index (κ2) is 7.48. The van der Waals surface area contributed by atoms with Crippen molar-refractivity contribution in [3.05, 3.63) is 64.0 Å². The standard InChI is InChI=1S/C20H18ClN3OS/c21-16-6-3-7-17(11-16)22-19(25)24-20-23-18(12-26-20)15-9-8-13-4-1-2-5-14(13)10-15/h3,6-12H,1-2,4-5H2,(H2,22,23,24,25). The van der Waals surface area contributed by atoms with E-state index in [4.69, 9.17) is 11.6 Å². The van der Waals surface area contributed by atoms with Crippen LogP contribution in [0.25, 0.3) is 11.3 Å². The first-order valence-corrected chi connectivity index (χ1v) is 9.84. The third-order valence-electron chi connectivity index (χ3n) is 4.45. The summed E-state index contributed by atoms with van der Waals surface area (Å²) in [5, 5.41) is 8.64. The van der Waals surface area contributed by atoms with Gasteiger partial charge in [0.1, 0.15) is 0 Å². The lowest BCUT2D eigenvalue weighted by molar-refractivity contribution is 0.262. The third-order valence-corrected chi connectivity index (χ3v) is 5.44. The Bertz CT molecular complexity index is 954. The summed E-state index contributed by atoms with van der Waals surface area (Å²) in [5.41, 5.74) is 5.51. The molecule has 0 bridgehead atoms. The largest absolute Gasteiger partial charge is 0.325 e. The van der Waals surface area contributed by atoms with Crippen molar-refractivity contribution >= 4 is 39.8 Å². The van der Waals surface area contributed by atoms with Gasteiger partial charge in [-0.05, 0) is 61.1 Å². The van der Waals surface area contributed by atoms with E-state index in [-0.39, 0.29) is 6.03 Å². The van der Waals surface area contributed by atoms with Crippen molar-refractivity contribution in [1.29, 1.82) is 0 Å². The van der Waals surface area contributed by atoms with Crippen molar-refractivity contribution in [2.45, 2.75) is 25.7 Å². The zero-order valence-corrected chi connectivity index (χ0v) is 15.7. The molecule has 2 amide bonds. The number of carbonyl (C=O) groups is 1. The summed E-state index contributed by atoms with van der Waals surface area (Å²) < 4.78 is 0. The van der Waals surface area contributed by atoms with Crippen LogP contribution in [0.2, 0.25) is 5.02 Å². The fourth-order valence-corrected chi connectivity index (χ4v) is 4.09. The van der Waals surface area contributed by atoms with Gasteiger partial charge in [-0.3, -0.25) is 5.32 Å². The van der Waals surface area contributed by atoms with Crippen LogP contribution >= 0.6 is 22.9 Å². The Hall–Kier alpha value is -2.37. The van der Waals surface area contributed by atoms with Crippen LogP contribution < -0.4 is 10.6 Å². The molecule has 1 aromatic heterocycles. The summed E-state index contributed by atoms with van der Waals surface area (Å²) in [4.78, 5) is 16.7. The first kappa shape index (κ1) is 17.1. The van der Waals surface area contributed by atoms with Crippen LogP contribution in [-0.2, 0) is 12.8 Å². The van der Waals surface area contributed by atoms with Gasteiger partial charge >= 0.3 is 6.03 Å². The van der Waals surface area contributed by atoms with Crippen LogP contribution in [0.4, 0.5) is 15.6 Å². The lowest BCUT2D eigenvalue weighted by Gasteiger charge is -2.16. The number of hydrogen-bond acceptors (Lipinski definition) is 3. The number of nitrogens with one attached hydrogen (secondary N) is 2. The van der Waals surface area contributed by atoms with Crippen molar-refractivity contribution in [2.75, 3.05) is 10.6 Å². The van der Waals surface area contributed by atoms with Gasteiger partial charge in [-0.25, -0.2) is 9.78 Å². The monoisotopic (exact) mass is 383 g/mol. The van der Waals surface area contributed by atoms with E-state index in [2.05, 4.69) is 33.8 Å². The minimum Gasteiger partial charge on any atom is -0.308 e.